The summed E-state index contributed by atoms with van der Waals surface area (Å²) in [5.41, 5.74) is -1.55. The first kappa shape index (κ1) is 25.2. The van der Waals surface area contributed by atoms with Gasteiger partial charge in [0.1, 0.15) is 15.5 Å². The van der Waals surface area contributed by atoms with E-state index in [0.717, 1.165) is 37.3 Å². The maximum atomic E-state index is 13.8. The fourth-order valence-corrected chi connectivity index (χ4v) is 7.18. The molecule has 1 N–H and O–H groups in total. The van der Waals surface area contributed by atoms with E-state index in [1.807, 2.05) is 7.05 Å². The molecule has 0 bridgehead atoms. The number of nitrogens with one attached hydrogen (secondary N) is 1. The number of ether oxygens (including phenoxy) is 1. The van der Waals surface area contributed by atoms with Crippen LogP contribution in [-0.4, -0.2) is 65.6 Å². The maximum Gasteiger partial charge on any atom is 0.420 e. The van der Waals surface area contributed by atoms with Crippen molar-refractivity contribution in [2.45, 2.75) is 36.4 Å². The summed E-state index contributed by atoms with van der Waals surface area (Å²) in [6.07, 6.45) is -0.344. The minimum atomic E-state index is -4.76. The zero-order valence-corrected chi connectivity index (χ0v) is 21.4. The summed E-state index contributed by atoms with van der Waals surface area (Å²) in [4.78, 5) is 10.0. The third kappa shape index (κ3) is 5.04. The lowest BCUT2D eigenvalue weighted by atomic mass is 10.1. The van der Waals surface area contributed by atoms with Crippen LogP contribution in [0.4, 0.5) is 24.9 Å². The Labute approximate surface area is 214 Å². The third-order valence-electron chi connectivity index (χ3n) is 6.10. The van der Waals surface area contributed by atoms with Crippen LogP contribution in [0, 0.1) is 0 Å². The fraction of sp³-hybridized carbons (Fsp3) is 0.476. The number of piperidine rings is 1. The average molecular weight is 563 g/mol. The molecule has 15 heteroatoms. The first-order valence-electron chi connectivity index (χ1n) is 11.2. The van der Waals surface area contributed by atoms with Gasteiger partial charge in [0.25, 0.3) is 0 Å². The number of nitrogens with zero attached hydrogens (tertiary/aromatic N) is 5. The van der Waals surface area contributed by atoms with E-state index in [4.69, 9.17) is 16.3 Å². The molecule has 0 radical (unpaired) electrons. The molecule has 36 heavy (non-hydrogen) atoms. The number of alkyl halides is 3. The molecule has 2 aliphatic heterocycles. The average Bonchev–Trinajstić information content (AvgIpc) is 3.37. The summed E-state index contributed by atoms with van der Waals surface area (Å²) in [6, 6.07) is 1.34. The second-order valence-electron chi connectivity index (χ2n) is 8.70. The second-order valence-corrected chi connectivity index (χ2v) is 12.2. The van der Waals surface area contributed by atoms with Crippen molar-refractivity contribution in [3.8, 4) is 15.6 Å². The van der Waals surface area contributed by atoms with Gasteiger partial charge in [0.05, 0.1) is 29.0 Å². The monoisotopic (exact) mass is 562 g/mol. The Morgan fingerprint density at radius 1 is 1.28 bits per heavy atom. The zero-order chi connectivity index (χ0) is 25.7. The summed E-state index contributed by atoms with van der Waals surface area (Å²) >= 11 is 7.15. The fourth-order valence-electron chi connectivity index (χ4n) is 4.16. The number of sulfone groups is 1. The summed E-state index contributed by atoms with van der Waals surface area (Å²) in [6.45, 7) is 1.99. The van der Waals surface area contributed by atoms with E-state index >= 15 is 0 Å². The van der Waals surface area contributed by atoms with Crippen LogP contribution in [-0.2, 0) is 16.0 Å². The van der Waals surface area contributed by atoms with Crippen molar-refractivity contribution in [3.63, 3.8) is 0 Å². The Kier molecular flexibility index (Phi) is 6.64. The van der Waals surface area contributed by atoms with Gasteiger partial charge in [0, 0.05) is 12.4 Å². The van der Waals surface area contributed by atoms with E-state index in [-0.39, 0.29) is 50.0 Å². The standard InChI is InChI=1S/C21H22ClF3N6O3S2/c1-30-5-3-12(4-6-30)31-11-14(22)18(29-31)28-20-26-10-13(21(23,24)25)17(27-20)15-9-16-19(35-15)34-7-2-8-36(16,32)33/h9-12H,2-8H2,1H3,(H,26,27,28,29). The van der Waals surface area contributed by atoms with Gasteiger partial charge in [-0.15, -0.1) is 0 Å². The topological polar surface area (TPSA) is 102 Å². The van der Waals surface area contributed by atoms with Gasteiger partial charge in [-0.05, 0) is 45.5 Å². The Balaban J connectivity index is 1.49. The first-order valence-corrected chi connectivity index (χ1v) is 14.0. The van der Waals surface area contributed by atoms with Crippen LogP contribution in [0.15, 0.2) is 23.4 Å². The van der Waals surface area contributed by atoms with Crippen molar-refractivity contribution in [2.24, 2.45) is 0 Å². The number of anilines is 2. The number of hydrogen-bond donors (Lipinski definition) is 1. The lowest BCUT2D eigenvalue weighted by Gasteiger charge is -2.28. The van der Waals surface area contributed by atoms with E-state index in [1.54, 1.807) is 10.9 Å². The van der Waals surface area contributed by atoms with Gasteiger partial charge in [-0.2, -0.15) is 18.3 Å². The van der Waals surface area contributed by atoms with Crippen LogP contribution in [0.3, 0.4) is 0 Å². The predicted molar refractivity (Wildman–Crippen MR) is 129 cm³/mol. The zero-order valence-electron chi connectivity index (χ0n) is 19.0. The molecule has 0 aliphatic carbocycles. The van der Waals surface area contributed by atoms with Gasteiger partial charge in [-0.3, -0.25) is 4.68 Å². The molecule has 2 aliphatic rings. The van der Waals surface area contributed by atoms with Gasteiger partial charge in [-0.1, -0.05) is 22.9 Å². The minimum absolute atomic E-state index is 0.00574. The van der Waals surface area contributed by atoms with Gasteiger partial charge in [-0.25, -0.2) is 18.4 Å². The Bertz CT molecular complexity index is 1380. The molecule has 0 atom stereocenters. The van der Waals surface area contributed by atoms with Crippen molar-refractivity contribution >= 4 is 44.5 Å². The van der Waals surface area contributed by atoms with E-state index in [1.165, 1.54) is 6.07 Å². The molecule has 1 fully saturated rings. The summed E-state index contributed by atoms with van der Waals surface area (Å²) in [5, 5.41) is 7.61. The highest BCUT2D eigenvalue weighted by Crippen LogP contribution is 2.45. The number of rotatable bonds is 4. The highest BCUT2D eigenvalue weighted by Gasteiger charge is 2.37. The molecule has 9 nitrogen and oxygen atoms in total. The highest BCUT2D eigenvalue weighted by molar-refractivity contribution is 7.91. The van der Waals surface area contributed by atoms with Crippen molar-refractivity contribution in [3.05, 3.63) is 29.0 Å². The molecular formula is C21H22ClF3N6O3S2. The van der Waals surface area contributed by atoms with Crippen LogP contribution in [0.5, 0.6) is 5.06 Å². The molecule has 1 saturated heterocycles. The molecular weight excluding hydrogens is 541 g/mol. The lowest BCUT2D eigenvalue weighted by molar-refractivity contribution is -0.137. The minimum Gasteiger partial charge on any atom is -0.483 e. The number of aromatic nitrogens is 4. The number of hydrogen-bond acceptors (Lipinski definition) is 9. The number of halogens is 4. The summed E-state index contributed by atoms with van der Waals surface area (Å²) in [7, 11) is -1.63. The largest absolute Gasteiger partial charge is 0.483 e. The quantitative estimate of drug-likeness (QED) is 0.491. The number of thiophene rings is 1. The normalized spacial score (nSPS) is 18.9. The molecule has 0 spiro atoms. The van der Waals surface area contributed by atoms with E-state index < -0.39 is 27.3 Å². The predicted octanol–water partition coefficient (Wildman–Crippen LogP) is 4.64. The number of likely N-dealkylation sites (tertiary alicyclic amines) is 1. The van der Waals surface area contributed by atoms with E-state index in [9.17, 15) is 21.6 Å². The van der Waals surface area contributed by atoms with Crippen LogP contribution in [0.25, 0.3) is 10.6 Å². The first-order chi connectivity index (χ1) is 17.0. The SMILES string of the molecule is CN1CCC(n2cc(Cl)c(Nc3ncc(C(F)(F)F)c(-c4cc5c(s4)OCCCS5(=O)=O)n3)n2)CC1. The van der Waals surface area contributed by atoms with Crippen molar-refractivity contribution < 1.29 is 26.3 Å². The molecule has 0 unspecified atom stereocenters. The highest BCUT2D eigenvalue weighted by atomic mass is 35.5. The molecule has 0 saturated carbocycles. The molecule has 3 aromatic heterocycles. The third-order valence-corrected chi connectivity index (χ3v) is 9.36. The van der Waals surface area contributed by atoms with Gasteiger partial charge < -0.3 is 15.0 Å². The smallest absolute Gasteiger partial charge is 0.420 e. The van der Waals surface area contributed by atoms with Crippen LogP contribution < -0.4 is 10.1 Å². The van der Waals surface area contributed by atoms with Crippen molar-refractivity contribution in [1.82, 2.24) is 24.6 Å². The lowest BCUT2D eigenvalue weighted by Crippen LogP contribution is -2.31. The molecule has 5 rings (SSSR count). The van der Waals surface area contributed by atoms with E-state index in [0.29, 0.717) is 12.6 Å². The second kappa shape index (κ2) is 9.47. The number of fused-ring (bicyclic) bond motifs is 1. The van der Waals surface area contributed by atoms with Crippen LogP contribution >= 0.6 is 22.9 Å². The summed E-state index contributed by atoms with van der Waals surface area (Å²) < 4.78 is 73.8. The van der Waals surface area contributed by atoms with Gasteiger partial charge >= 0.3 is 6.18 Å². The molecule has 3 aromatic rings. The Morgan fingerprint density at radius 2 is 2.03 bits per heavy atom. The Morgan fingerprint density at radius 3 is 2.75 bits per heavy atom. The van der Waals surface area contributed by atoms with Crippen molar-refractivity contribution in [2.75, 3.05) is 37.8 Å². The summed E-state index contributed by atoms with van der Waals surface area (Å²) in [5.74, 6) is -0.0767. The maximum absolute atomic E-state index is 13.8. The van der Waals surface area contributed by atoms with Gasteiger partial charge in [0.2, 0.25) is 5.95 Å². The van der Waals surface area contributed by atoms with Gasteiger partial charge in [0.15, 0.2) is 20.7 Å². The van der Waals surface area contributed by atoms with E-state index in [2.05, 4.69) is 25.3 Å². The molecule has 0 amide bonds. The Hall–Kier alpha value is -2.42. The van der Waals surface area contributed by atoms with Crippen molar-refractivity contribution in [1.29, 1.82) is 0 Å². The van der Waals surface area contributed by atoms with Crippen LogP contribution in [0.2, 0.25) is 5.02 Å². The molecule has 194 valence electrons. The molecule has 5 heterocycles. The molecule has 0 aromatic carbocycles. The van der Waals surface area contributed by atoms with Crippen LogP contribution in [0.1, 0.15) is 30.9 Å².